The molecule has 0 atom stereocenters. The van der Waals surface area contributed by atoms with E-state index in [-0.39, 0.29) is 23.7 Å². The molecule has 1 saturated heterocycles. The van der Waals surface area contributed by atoms with Crippen LogP contribution in [0.2, 0.25) is 0 Å². The Morgan fingerprint density at radius 3 is 2.32 bits per heavy atom. The Morgan fingerprint density at radius 1 is 0.974 bits per heavy atom. The van der Waals surface area contributed by atoms with Gasteiger partial charge in [0.1, 0.15) is 23.7 Å². The maximum Gasteiger partial charge on any atom is 0.335 e. The number of rotatable bonds is 9. The molecule has 1 heterocycles. The van der Waals surface area contributed by atoms with E-state index in [2.05, 4.69) is 11.9 Å². The van der Waals surface area contributed by atoms with Crippen LogP contribution in [0.3, 0.4) is 0 Å². The summed E-state index contributed by atoms with van der Waals surface area (Å²) >= 11 is 0. The molecule has 0 saturated carbocycles. The number of methoxy groups -OCH3 is 2. The maximum absolute atomic E-state index is 13.3. The summed E-state index contributed by atoms with van der Waals surface area (Å²) < 4.78 is 29.9. The van der Waals surface area contributed by atoms with Gasteiger partial charge >= 0.3 is 6.03 Å². The second-order valence-electron chi connectivity index (χ2n) is 8.28. The summed E-state index contributed by atoms with van der Waals surface area (Å²) in [5.74, 6) is -0.563. The van der Waals surface area contributed by atoms with Crippen LogP contribution in [-0.2, 0) is 22.6 Å². The second kappa shape index (κ2) is 11.4. The third kappa shape index (κ3) is 5.57. The third-order valence-electron chi connectivity index (χ3n) is 5.78. The molecule has 4 rings (SSSR count). The number of hydrogen-bond donors (Lipinski definition) is 1. The van der Waals surface area contributed by atoms with Crippen LogP contribution in [0.15, 0.2) is 78.9 Å². The van der Waals surface area contributed by atoms with Gasteiger partial charge in [0.25, 0.3) is 11.8 Å². The Kier molecular flexibility index (Phi) is 7.86. The van der Waals surface area contributed by atoms with E-state index in [1.807, 2.05) is 0 Å². The number of anilines is 1. The molecule has 38 heavy (non-hydrogen) atoms. The van der Waals surface area contributed by atoms with E-state index in [1.54, 1.807) is 54.6 Å². The van der Waals surface area contributed by atoms with Crippen molar-refractivity contribution in [3.63, 3.8) is 0 Å². The highest BCUT2D eigenvalue weighted by Gasteiger charge is 2.37. The highest BCUT2D eigenvalue weighted by molar-refractivity contribution is 6.39. The lowest BCUT2D eigenvalue weighted by Crippen LogP contribution is -2.54. The third-order valence-corrected chi connectivity index (χ3v) is 5.78. The molecular weight excluding hydrogens is 491 g/mol. The Balaban J connectivity index is 1.68. The molecule has 0 aromatic heterocycles. The number of barbiturate groups is 1. The van der Waals surface area contributed by atoms with E-state index < -0.39 is 17.8 Å². The van der Waals surface area contributed by atoms with E-state index in [9.17, 15) is 18.8 Å². The van der Waals surface area contributed by atoms with Crippen LogP contribution in [0, 0.1) is 5.82 Å². The molecule has 4 amide bonds. The topological polar surface area (TPSA) is 94.2 Å². The van der Waals surface area contributed by atoms with Crippen molar-refractivity contribution in [2.75, 3.05) is 19.1 Å². The first kappa shape index (κ1) is 26.2. The first-order chi connectivity index (χ1) is 18.3. The summed E-state index contributed by atoms with van der Waals surface area (Å²) in [6.07, 6.45) is 3.47. The largest absolute Gasteiger partial charge is 0.497 e. The zero-order valence-electron chi connectivity index (χ0n) is 20.8. The fourth-order valence-corrected chi connectivity index (χ4v) is 3.92. The van der Waals surface area contributed by atoms with Crippen LogP contribution < -0.4 is 24.4 Å². The monoisotopic (exact) mass is 516 g/mol. The number of halogens is 1. The molecule has 1 aliphatic heterocycles. The molecule has 1 aliphatic rings. The molecule has 3 aromatic rings. The van der Waals surface area contributed by atoms with Crippen molar-refractivity contribution in [1.29, 1.82) is 0 Å². The van der Waals surface area contributed by atoms with Gasteiger partial charge in [-0.25, -0.2) is 14.1 Å². The highest BCUT2D eigenvalue weighted by atomic mass is 19.1. The van der Waals surface area contributed by atoms with E-state index in [0.29, 0.717) is 34.8 Å². The zero-order valence-corrected chi connectivity index (χ0v) is 20.8. The molecule has 1 fully saturated rings. The SMILES string of the molecule is C=CCc1cc(/C=C2\C(=O)NC(=O)N(c3ccc(OC)cc3)C2=O)cc(OC)c1OCc1ccc(F)cc1. The average Bonchev–Trinajstić information content (AvgIpc) is 2.91. The molecule has 0 radical (unpaired) electrons. The van der Waals surface area contributed by atoms with Crippen molar-refractivity contribution in [3.8, 4) is 17.2 Å². The minimum absolute atomic E-state index is 0.168. The van der Waals surface area contributed by atoms with Gasteiger partial charge in [0.2, 0.25) is 0 Å². The fraction of sp³-hybridized carbons (Fsp3) is 0.138. The summed E-state index contributed by atoms with van der Waals surface area (Å²) in [4.78, 5) is 39.3. The van der Waals surface area contributed by atoms with Gasteiger partial charge in [-0.05, 0) is 72.2 Å². The lowest BCUT2D eigenvalue weighted by molar-refractivity contribution is -0.122. The zero-order chi connectivity index (χ0) is 27.2. The lowest BCUT2D eigenvalue weighted by atomic mass is 10.0. The molecule has 0 aliphatic carbocycles. The number of urea groups is 1. The minimum Gasteiger partial charge on any atom is -0.497 e. The van der Waals surface area contributed by atoms with E-state index >= 15 is 0 Å². The van der Waals surface area contributed by atoms with Crippen LogP contribution >= 0.6 is 0 Å². The molecule has 3 aromatic carbocycles. The normalized spacial score (nSPS) is 14.3. The van der Waals surface area contributed by atoms with Crippen molar-refractivity contribution in [1.82, 2.24) is 5.32 Å². The van der Waals surface area contributed by atoms with Crippen LogP contribution in [0.5, 0.6) is 17.2 Å². The maximum atomic E-state index is 13.3. The number of carbonyl (C=O) groups is 3. The van der Waals surface area contributed by atoms with Crippen molar-refractivity contribution >= 4 is 29.6 Å². The van der Waals surface area contributed by atoms with Gasteiger partial charge in [-0.3, -0.25) is 14.9 Å². The number of allylic oxidation sites excluding steroid dienone is 1. The smallest absolute Gasteiger partial charge is 0.335 e. The molecular formula is C29H25FN2O6. The summed E-state index contributed by atoms with van der Waals surface area (Å²) in [6.45, 7) is 3.96. The predicted octanol–water partition coefficient (Wildman–Crippen LogP) is 4.82. The molecule has 9 heteroatoms. The first-order valence-electron chi connectivity index (χ1n) is 11.6. The summed E-state index contributed by atoms with van der Waals surface area (Å²) in [6, 6.07) is 14.7. The van der Waals surface area contributed by atoms with Gasteiger partial charge in [-0.1, -0.05) is 18.2 Å². The second-order valence-corrected chi connectivity index (χ2v) is 8.28. The molecule has 0 bridgehead atoms. The summed E-state index contributed by atoms with van der Waals surface area (Å²) in [5, 5.41) is 2.21. The summed E-state index contributed by atoms with van der Waals surface area (Å²) in [7, 11) is 2.97. The number of imide groups is 2. The molecule has 1 N–H and O–H groups in total. The molecule has 0 unspecified atom stereocenters. The van der Waals surface area contributed by atoms with Crippen LogP contribution in [-0.4, -0.2) is 32.1 Å². The number of hydrogen-bond acceptors (Lipinski definition) is 6. The Labute approximate surface area is 218 Å². The first-order valence-corrected chi connectivity index (χ1v) is 11.6. The van der Waals surface area contributed by atoms with Gasteiger partial charge in [-0.2, -0.15) is 0 Å². The summed E-state index contributed by atoms with van der Waals surface area (Å²) in [5.41, 5.74) is 1.99. The van der Waals surface area contributed by atoms with E-state index in [4.69, 9.17) is 14.2 Å². The van der Waals surface area contributed by atoms with Crippen LogP contribution in [0.4, 0.5) is 14.9 Å². The van der Waals surface area contributed by atoms with Crippen LogP contribution in [0.25, 0.3) is 6.08 Å². The Bertz CT molecular complexity index is 1410. The molecule has 194 valence electrons. The van der Waals surface area contributed by atoms with Gasteiger partial charge in [0, 0.05) is 5.56 Å². The standard InChI is InChI=1S/C29H25FN2O6/c1-4-5-20-14-19(16-25(37-3)26(20)38-17-18-6-8-21(30)9-7-18)15-24-27(33)31-29(35)32(28(24)34)22-10-12-23(36-2)13-11-22/h4,6-16H,1,5,17H2,2-3H3,(H,31,33,35)/b24-15+. The number of amides is 4. The number of ether oxygens (including phenoxy) is 3. The minimum atomic E-state index is -0.850. The predicted molar refractivity (Wildman–Crippen MR) is 140 cm³/mol. The van der Waals surface area contributed by atoms with Gasteiger partial charge in [-0.15, -0.1) is 6.58 Å². The molecule has 0 spiro atoms. The van der Waals surface area contributed by atoms with E-state index in [1.165, 1.54) is 32.4 Å². The van der Waals surface area contributed by atoms with Gasteiger partial charge < -0.3 is 14.2 Å². The van der Waals surface area contributed by atoms with Crippen molar-refractivity contribution in [2.24, 2.45) is 0 Å². The van der Waals surface area contributed by atoms with Gasteiger partial charge in [0.15, 0.2) is 11.5 Å². The number of nitrogens with one attached hydrogen (secondary N) is 1. The Morgan fingerprint density at radius 2 is 1.68 bits per heavy atom. The van der Waals surface area contributed by atoms with Crippen molar-refractivity contribution in [3.05, 3.63) is 101 Å². The fourth-order valence-electron chi connectivity index (χ4n) is 3.92. The van der Waals surface area contributed by atoms with Crippen LogP contribution in [0.1, 0.15) is 16.7 Å². The number of benzene rings is 3. The molecule has 8 nitrogen and oxygen atoms in total. The van der Waals surface area contributed by atoms with Gasteiger partial charge in [0.05, 0.1) is 19.9 Å². The number of carbonyl (C=O) groups excluding carboxylic acids is 3. The highest BCUT2D eigenvalue weighted by Crippen LogP contribution is 2.35. The average molecular weight is 517 g/mol. The number of nitrogens with zero attached hydrogens (tertiary/aromatic N) is 1. The van der Waals surface area contributed by atoms with Crippen molar-refractivity contribution < 1.29 is 33.0 Å². The lowest BCUT2D eigenvalue weighted by Gasteiger charge is -2.26. The quantitative estimate of drug-likeness (QED) is 0.249. The Hall–Kier alpha value is -4.92. The van der Waals surface area contributed by atoms with Crippen molar-refractivity contribution in [2.45, 2.75) is 13.0 Å². The van der Waals surface area contributed by atoms with E-state index in [0.717, 1.165) is 10.5 Å².